The van der Waals surface area contributed by atoms with Gasteiger partial charge in [-0.05, 0) is 18.6 Å². The second kappa shape index (κ2) is 6.61. The number of anilines is 1. The van der Waals surface area contributed by atoms with Gasteiger partial charge in [0.25, 0.3) is 0 Å². The van der Waals surface area contributed by atoms with Crippen molar-refractivity contribution in [3.05, 3.63) is 29.8 Å². The first-order valence-corrected chi connectivity index (χ1v) is 5.36. The molecule has 1 rings (SSSR count). The van der Waals surface area contributed by atoms with Crippen molar-refractivity contribution >= 4 is 18.0 Å². The van der Waals surface area contributed by atoms with E-state index in [1.807, 2.05) is 0 Å². The van der Waals surface area contributed by atoms with Crippen molar-refractivity contribution in [3.8, 4) is 0 Å². The van der Waals surface area contributed by atoms with E-state index < -0.39 is 0 Å². The van der Waals surface area contributed by atoms with Gasteiger partial charge in [0.15, 0.2) is 0 Å². The smallest absolute Gasteiger partial charge is 0.319 e. The number of hydrogen-bond acceptors (Lipinski definition) is 2. The first kappa shape index (κ1) is 12.2. The van der Waals surface area contributed by atoms with Gasteiger partial charge in [0.2, 0.25) is 0 Å². The lowest BCUT2D eigenvalue weighted by Crippen LogP contribution is -2.29. The lowest BCUT2D eigenvalue weighted by molar-refractivity contribution is 0.112. The molecule has 4 nitrogen and oxygen atoms in total. The van der Waals surface area contributed by atoms with Crippen LogP contribution in [0.15, 0.2) is 24.3 Å². The molecule has 0 spiro atoms. The van der Waals surface area contributed by atoms with Crippen LogP contribution in [-0.4, -0.2) is 18.9 Å². The SMILES string of the molecule is CCCCNC(=O)Nc1cccc(C=O)c1. The summed E-state index contributed by atoms with van der Waals surface area (Å²) >= 11 is 0. The maximum absolute atomic E-state index is 11.4. The minimum absolute atomic E-state index is 0.239. The molecule has 1 aromatic carbocycles. The van der Waals surface area contributed by atoms with Crippen molar-refractivity contribution < 1.29 is 9.59 Å². The number of benzene rings is 1. The fourth-order valence-corrected chi connectivity index (χ4v) is 1.24. The summed E-state index contributed by atoms with van der Waals surface area (Å²) in [5.41, 5.74) is 1.17. The number of unbranched alkanes of at least 4 members (excludes halogenated alkanes) is 1. The van der Waals surface area contributed by atoms with Crippen molar-refractivity contribution in [3.63, 3.8) is 0 Å². The van der Waals surface area contributed by atoms with Crippen LogP contribution in [0.3, 0.4) is 0 Å². The Morgan fingerprint density at radius 1 is 1.44 bits per heavy atom. The molecule has 4 heteroatoms. The Kier molecular flexibility index (Phi) is 5.05. The predicted molar refractivity (Wildman–Crippen MR) is 63.8 cm³/mol. The van der Waals surface area contributed by atoms with Gasteiger partial charge in [-0.25, -0.2) is 4.79 Å². The van der Waals surface area contributed by atoms with Gasteiger partial charge in [-0.15, -0.1) is 0 Å². The highest BCUT2D eigenvalue weighted by atomic mass is 16.2. The van der Waals surface area contributed by atoms with Crippen molar-refractivity contribution in [1.82, 2.24) is 5.32 Å². The van der Waals surface area contributed by atoms with E-state index in [1.54, 1.807) is 24.3 Å². The molecule has 2 N–H and O–H groups in total. The van der Waals surface area contributed by atoms with Gasteiger partial charge in [0.05, 0.1) is 0 Å². The first-order valence-electron chi connectivity index (χ1n) is 5.36. The van der Waals surface area contributed by atoms with Crippen LogP contribution in [0, 0.1) is 0 Å². The van der Waals surface area contributed by atoms with Gasteiger partial charge < -0.3 is 10.6 Å². The number of amides is 2. The van der Waals surface area contributed by atoms with E-state index in [2.05, 4.69) is 17.6 Å². The quantitative estimate of drug-likeness (QED) is 0.591. The van der Waals surface area contributed by atoms with Gasteiger partial charge in [-0.2, -0.15) is 0 Å². The molecule has 0 aliphatic rings. The van der Waals surface area contributed by atoms with Crippen LogP contribution in [-0.2, 0) is 0 Å². The molecular formula is C12H16N2O2. The van der Waals surface area contributed by atoms with E-state index in [4.69, 9.17) is 0 Å². The zero-order valence-corrected chi connectivity index (χ0v) is 9.32. The summed E-state index contributed by atoms with van der Waals surface area (Å²) in [6.07, 6.45) is 2.75. The minimum Gasteiger partial charge on any atom is -0.338 e. The highest BCUT2D eigenvalue weighted by molar-refractivity contribution is 5.90. The van der Waals surface area contributed by atoms with Crippen LogP contribution in [0.4, 0.5) is 10.5 Å². The largest absolute Gasteiger partial charge is 0.338 e. The molecule has 0 bridgehead atoms. The third kappa shape index (κ3) is 4.13. The molecule has 1 aromatic rings. The molecule has 0 unspecified atom stereocenters. The molecule has 16 heavy (non-hydrogen) atoms. The predicted octanol–water partition coefficient (Wildman–Crippen LogP) is 2.42. The molecule has 0 saturated heterocycles. The molecule has 0 heterocycles. The highest BCUT2D eigenvalue weighted by Crippen LogP contribution is 2.08. The van der Waals surface area contributed by atoms with Crippen LogP contribution >= 0.6 is 0 Å². The van der Waals surface area contributed by atoms with E-state index in [-0.39, 0.29) is 6.03 Å². The van der Waals surface area contributed by atoms with Crippen molar-refractivity contribution in [1.29, 1.82) is 0 Å². The van der Waals surface area contributed by atoms with E-state index in [0.29, 0.717) is 17.8 Å². The number of carbonyl (C=O) groups excluding carboxylic acids is 2. The molecule has 0 fully saturated rings. The Morgan fingerprint density at radius 3 is 2.94 bits per heavy atom. The summed E-state index contributed by atoms with van der Waals surface area (Å²) in [5, 5.41) is 5.40. The molecular weight excluding hydrogens is 204 g/mol. The Labute approximate surface area is 95.0 Å². The van der Waals surface area contributed by atoms with Gasteiger partial charge in [-0.1, -0.05) is 25.5 Å². The summed E-state index contributed by atoms with van der Waals surface area (Å²) in [5.74, 6) is 0. The number of nitrogens with one attached hydrogen (secondary N) is 2. The number of carbonyl (C=O) groups is 2. The fourth-order valence-electron chi connectivity index (χ4n) is 1.24. The Bertz CT molecular complexity index is 364. The van der Waals surface area contributed by atoms with Crippen molar-refractivity contribution in [2.75, 3.05) is 11.9 Å². The lowest BCUT2D eigenvalue weighted by Gasteiger charge is -2.07. The second-order valence-corrected chi connectivity index (χ2v) is 3.48. The Hall–Kier alpha value is -1.84. The molecule has 86 valence electrons. The van der Waals surface area contributed by atoms with Crippen LogP contribution in [0.5, 0.6) is 0 Å². The summed E-state index contributed by atoms with van der Waals surface area (Å²) in [6.45, 7) is 2.73. The van der Waals surface area contributed by atoms with E-state index in [9.17, 15) is 9.59 Å². The second-order valence-electron chi connectivity index (χ2n) is 3.48. The van der Waals surface area contributed by atoms with Gasteiger partial charge in [0.1, 0.15) is 6.29 Å². The minimum atomic E-state index is -0.239. The maximum Gasteiger partial charge on any atom is 0.319 e. The molecule has 0 atom stereocenters. The topological polar surface area (TPSA) is 58.2 Å². The number of urea groups is 1. The summed E-state index contributed by atoms with van der Waals surface area (Å²) in [6, 6.07) is 6.55. The molecule has 0 aromatic heterocycles. The molecule has 0 aliphatic carbocycles. The molecule has 0 radical (unpaired) electrons. The van der Waals surface area contributed by atoms with Crippen LogP contribution in [0.1, 0.15) is 30.1 Å². The van der Waals surface area contributed by atoms with E-state index in [1.165, 1.54) is 0 Å². The van der Waals surface area contributed by atoms with Crippen LogP contribution in [0.25, 0.3) is 0 Å². The maximum atomic E-state index is 11.4. The first-order chi connectivity index (χ1) is 7.76. The van der Waals surface area contributed by atoms with Crippen LogP contribution < -0.4 is 10.6 Å². The van der Waals surface area contributed by atoms with Gasteiger partial charge in [-0.3, -0.25) is 4.79 Å². The zero-order chi connectivity index (χ0) is 11.8. The summed E-state index contributed by atoms with van der Waals surface area (Å²) in [7, 11) is 0. The summed E-state index contributed by atoms with van der Waals surface area (Å²) < 4.78 is 0. The summed E-state index contributed by atoms with van der Waals surface area (Å²) in [4.78, 5) is 21.9. The third-order valence-corrected chi connectivity index (χ3v) is 2.10. The Balaban J connectivity index is 2.46. The Morgan fingerprint density at radius 2 is 2.25 bits per heavy atom. The number of aldehydes is 1. The third-order valence-electron chi connectivity index (χ3n) is 2.10. The number of hydrogen-bond donors (Lipinski definition) is 2. The standard InChI is InChI=1S/C12H16N2O2/c1-2-3-7-13-12(16)14-11-6-4-5-10(8-11)9-15/h4-6,8-9H,2-3,7H2,1H3,(H2,13,14,16). The van der Waals surface area contributed by atoms with Crippen molar-refractivity contribution in [2.24, 2.45) is 0 Å². The lowest BCUT2D eigenvalue weighted by atomic mass is 10.2. The molecule has 2 amide bonds. The zero-order valence-electron chi connectivity index (χ0n) is 9.32. The van der Waals surface area contributed by atoms with Gasteiger partial charge in [0, 0.05) is 17.8 Å². The number of rotatable bonds is 5. The van der Waals surface area contributed by atoms with E-state index >= 15 is 0 Å². The normalized spacial score (nSPS) is 9.56. The van der Waals surface area contributed by atoms with Gasteiger partial charge >= 0.3 is 6.03 Å². The van der Waals surface area contributed by atoms with Crippen molar-refractivity contribution in [2.45, 2.75) is 19.8 Å². The highest BCUT2D eigenvalue weighted by Gasteiger charge is 2.00. The average Bonchev–Trinajstić information content (AvgIpc) is 2.29. The molecule has 0 aliphatic heterocycles. The monoisotopic (exact) mass is 220 g/mol. The average molecular weight is 220 g/mol. The van der Waals surface area contributed by atoms with E-state index in [0.717, 1.165) is 19.1 Å². The fraction of sp³-hybridized carbons (Fsp3) is 0.333. The van der Waals surface area contributed by atoms with Crippen LogP contribution in [0.2, 0.25) is 0 Å². The molecule has 0 saturated carbocycles.